The topological polar surface area (TPSA) is 77.6 Å². The van der Waals surface area contributed by atoms with E-state index in [1.54, 1.807) is 24.2 Å². The van der Waals surface area contributed by atoms with Gasteiger partial charge in [0.1, 0.15) is 6.04 Å². The molecule has 1 saturated heterocycles. The quantitative estimate of drug-likeness (QED) is 0.805. The molecule has 2 aromatic rings. The normalized spacial score (nSPS) is 15.1. The molecule has 2 N–H and O–H groups in total. The molecule has 28 heavy (non-hydrogen) atoms. The fraction of sp³-hybridized carbons (Fsp3) is 0.350. The van der Waals surface area contributed by atoms with Crippen LogP contribution in [0, 0.1) is 0 Å². The van der Waals surface area contributed by atoms with E-state index in [0.29, 0.717) is 24.7 Å². The standard InChI is InChI=1S/C20H24ClN5O2/c1-15(19(27)23-14-16-5-7-22-8-6-16)24-20(28)26-11-9-25(10-12-26)18-4-2-3-17(21)13-18/h2-8,13,15H,9-12,14H2,1H3,(H,23,27)(H,24,28)/t15-/m0/s1. The zero-order chi connectivity index (χ0) is 19.9. The lowest BCUT2D eigenvalue weighted by molar-refractivity contribution is -0.122. The van der Waals surface area contributed by atoms with Crippen molar-refractivity contribution < 1.29 is 9.59 Å². The third-order valence-electron chi connectivity index (χ3n) is 4.69. The summed E-state index contributed by atoms with van der Waals surface area (Å²) in [4.78, 5) is 32.6. The van der Waals surface area contributed by atoms with Crippen molar-refractivity contribution in [1.29, 1.82) is 0 Å². The molecule has 0 unspecified atom stereocenters. The molecule has 0 aliphatic carbocycles. The Labute approximate surface area is 169 Å². The van der Waals surface area contributed by atoms with Crippen LogP contribution in [0.5, 0.6) is 0 Å². The smallest absolute Gasteiger partial charge is 0.318 e. The molecule has 1 fully saturated rings. The van der Waals surface area contributed by atoms with E-state index in [1.165, 1.54) is 0 Å². The molecule has 0 saturated carbocycles. The van der Waals surface area contributed by atoms with E-state index in [2.05, 4.69) is 20.5 Å². The number of carbonyl (C=O) groups excluding carboxylic acids is 2. The molecule has 8 heteroatoms. The molecule has 1 aromatic carbocycles. The number of nitrogens with one attached hydrogen (secondary N) is 2. The van der Waals surface area contributed by atoms with Crippen LogP contribution in [-0.2, 0) is 11.3 Å². The number of urea groups is 1. The average molecular weight is 402 g/mol. The SMILES string of the molecule is C[C@H](NC(=O)N1CCN(c2cccc(Cl)c2)CC1)C(=O)NCc1ccncc1. The summed E-state index contributed by atoms with van der Waals surface area (Å²) in [7, 11) is 0. The minimum absolute atomic E-state index is 0.220. The first-order chi connectivity index (χ1) is 13.5. The molecule has 148 valence electrons. The molecule has 3 amide bonds. The lowest BCUT2D eigenvalue weighted by atomic mass is 10.2. The number of pyridine rings is 1. The largest absolute Gasteiger partial charge is 0.368 e. The molecule has 1 aliphatic heterocycles. The summed E-state index contributed by atoms with van der Waals surface area (Å²) in [6.45, 7) is 4.70. The Morgan fingerprint density at radius 3 is 2.54 bits per heavy atom. The van der Waals surface area contributed by atoms with Crippen molar-refractivity contribution in [3.05, 3.63) is 59.4 Å². The van der Waals surface area contributed by atoms with Gasteiger partial charge in [0.2, 0.25) is 5.91 Å². The Kier molecular flexibility index (Phi) is 6.71. The molecule has 1 aromatic heterocycles. The summed E-state index contributed by atoms with van der Waals surface area (Å²) in [6.07, 6.45) is 3.35. The van der Waals surface area contributed by atoms with E-state index in [9.17, 15) is 9.59 Å². The lowest BCUT2D eigenvalue weighted by Crippen LogP contribution is -2.55. The van der Waals surface area contributed by atoms with Crippen molar-refractivity contribution in [3.63, 3.8) is 0 Å². The highest BCUT2D eigenvalue weighted by atomic mass is 35.5. The molecule has 1 atom stereocenters. The number of carbonyl (C=O) groups is 2. The number of benzene rings is 1. The van der Waals surface area contributed by atoms with E-state index in [1.807, 2.05) is 36.4 Å². The first kappa shape index (κ1) is 19.9. The van der Waals surface area contributed by atoms with Crippen LogP contribution < -0.4 is 15.5 Å². The van der Waals surface area contributed by atoms with Gasteiger partial charge in [-0.3, -0.25) is 9.78 Å². The third kappa shape index (κ3) is 5.36. The molecule has 1 aliphatic rings. The fourth-order valence-electron chi connectivity index (χ4n) is 3.03. The monoisotopic (exact) mass is 401 g/mol. The van der Waals surface area contributed by atoms with Crippen LogP contribution in [0.2, 0.25) is 5.02 Å². The number of piperazine rings is 1. The Morgan fingerprint density at radius 1 is 1.14 bits per heavy atom. The molecular weight excluding hydrogens is 378 g/mol. The number of halogens is 1. The van der Waals surface area contributed by atoms with Gasteiger partial charge in [-0.15, -0.1) is 0 Å². The Morgan fingerprint density at radius 2 is 1.86 bits per heavy atom. The number of amides is 3. The maximum Gasteiger partial charge on any atom is 0.318 e. The van der Waals surface area contributed by atoms with Gasteiger partial charge in [-0.2, -0.15) is 0 Å². The first-order valence-electron chi connectivity index (χ1n) is 9.25. The van der Waals surface area contributed by atoms with Crippen LogP contribution in [0.4, 0.5) is 10.5 Å². The van der Waals surface area contributed by atoms with Crippen molar-refractivity contribution >= 4 is 29.2 Å². The zero-order valence-corrected chi connectivity index (χ0v) is 16.5. The highest BCUT2D eigenvalue weighted by molar-refractivity contribution is 6.30. The molecule has 0 bridgehead atoms. The van der Waals surface area contributed by atoms with Gasteiger partial charge < -0.3 is 20.4 Å². The molecule has 0 spiro atoms. The summed E-state index contributed by atoms with van der Waals surface area (Å²) >= 11 is 6.05. The van der Waals surface area contributed by atoms with E-state index in [4.69, 9.17) is 11.6 Å². The van der Waals surface area contributed by atoms with Gasteiger partial charge in [0.25, 0.3) is 0 Å². The Hall–Kier alpha value is -2.80. The van der Waals surface area contributed by atoms with E-state index in [-0.39, 0.29) is 11.9 Å². The highest BCUT2D eigenvalue weighted by Gasteiger charge is 2.24. The minimum atomic E-state index is -0.611. The lowest BCUT2D eigenvalue weighted by Gasteiger charge is -2.36. The summed E-state index contributed by atoms with van der Waals surface area (Å²) < 4.78 is 0. The zero-order valence-electron chi connectivity index (χ0n) is 15.8. The summed E-state index contributed by atoms with van der Waals surface area (Å²) in [5.74, 6) is -0.220. The van der Waals surface area contributed by atoms with Crippen LogP contribution in [0.25, 0.3) is 0 Å². The van der Waals surface area contributed by atoms with Crippen molar-refractivity contribution in [1.82, 2.24) is 20.5 Å². The maximum atomic E-state index is 12.5. The minimum Gasteiger partial charge on any atom is -0.368 e. The Balaban J connectivity index is 1.44. The van der Waals surface area contributed by atoms with Crippen LogP contribution in [0.15, 0.2) is 48.8 Å². The molecule has 3 rings (SSSR count). The van der Waals surface area contributed by atoms with Crippen molar-refractivity contribution in [2.75, 3.05) is 31.1 Å². The number of nitrogens with zero attached hydrogens (tertiary/aromatic N) is 3. The summed E-state index contributed by atoms with van der Waals surface area (Å²) in [5.41, 5.74) is 2.01. The van der Waals surface area contributed by atoms with Crippen molar-refractivity contribution in [3.8, 4) is 0 Å². The van der Waals surface area contributed by atoms with Gasteiger partial charge in [-0.25, -0.2) is 4.79 Å². The second-order valence-electron chi connectivity index (χ2n) is 6.70. The van der Waals surface area contributed by atoms with Crippen LogP contribution in [0.3, 0.4) is 0 Å². The number of rotatable bonds is 5. The van der Waals surface area contributed by atoms with Crippen LogP contribution in [0.1, 0.15) is 12.5 Å². The van der Waals surface area contributed by atoms with Gasteiger partial charge in [0.05, 0.1) is 0 Å². The number of aromatic nitrogens is 1. The second-order valence-corrected chi connectivity index (χ2v) is 7.13. The van der Waals surface area contributed by atoms with Gasteiger partial charge in [0, 0.05) is 55.8 Å². The van der Waals surface area contributed by atoms with Crippen LogP contribution >= 0.6 is 11.6 Å². The first-order valence-corrected chi connectivity index (χ1v) is 9.63. The van der Waals surface area contributed by atoms with Gasteiger partial charge in [-0.1, -0.05) is 17.7 Å². The van der Waals surface area contributed by atoms with Gasteiger partial charge >= 0.3 is 6.03 Å². The van der Waals surface area contributed by atoms with Crippen molar-refractivity contribution in [2.45, 2.75) is 19.5 Å². The maximum absolute atomic E-state index is 12.5. The van der Waals surface area contributed by atoms with Crippen molar-refractivity contribution in [2.24, 2.45) is 0 Å². The highest BCUT2D eigenvalue weighted by Crippen LogP contribution is 2.20. The van der Waals surface area contributed by atoms with E-state index < -0.39 is 6.04 Å². The average Bonchev–Trinajstić information content (AvgIpc) is 2.72. The predicted octanol–water partition coefficient (Wildman–Crippen LogP) is 2.27. The van der Waals surface area contributed by atoms with Gasteiger partial charge in [-0.05, 0) is 42.8 Å². The van der Waals surface area contributed by atoms with E-state index in [0.717, 1.165) is 24.3 Å². The Bertz CT molecular complexity index is 809. The number of hydrogen-bond donors (Lipinski definition) is 2. The second kappa shape index (κ2) is 9.41. The molecular formula is C20H24ClN5O2. The third-order valence-corrected chi connectivity index (χ3v) is 4.92. The molecule has 2 heterocycles. The molecule has 0 radical (unpaired) electrons. The van der Waals surface area contributed by atoms with Gasteiger partial charge in [0.15, 0.2) is 0 Å². The predicted molar refractivity (Wildman–Crippen MR) is 109 cm³/mol. The number of hydrogen-bond acceptors (Lipinski definition) is 4. The summed E-state index contributed by atoms with van der Waals surface area (Å²) in [6, 6.07) is 10.5. The van der Waals surface area contributed by atoms with Crippen LogP contribution in [-0.4, -0.2) is 54.0 Å². The van der Waals surface area contributed by atoms with E-state index >= 15 is 0 Å². The molecule has 7 nitrogen and oxygen atoms in total. The fourth-order valence-corrected chi connectivity index (χ4v) is 3.21. The summed E-state index contributed by atoms with van der Waals surface area (Å²) in [5, 5.41) is 6.29. The number of anilines is 1.